The molecule has 2 heterocycles. The Bertz CT molecular complexity index is 769. The van der Waals surface area contributed by atoms with E-state index in [-0.39, 0.29) is 18.8 Å². The number of aliphatic hydroxyl groups excluding tert-OH is 1. The standard InChI is InChI=1S/C20H28N4O4/c1-23(2)20-21-10-14(11-22-20)12-24-7-8-28-18(13-25)19(24)15-5-6-16(26-3)17(9-15)27-4/h5-6,9-11,18-19,25H,7-8,12-13H2,1-4H3/t18-,19-/m1/s1. The van der Waals surface area contributed by atoms with Gasteiger partial charge in [-0.2, -0.15) is 0 Å². The van der Waals surface area contributed by atoms with Crippen molar-refractivity contribution in [3.05, 3.63) is 41.7 Å². The molecule has 0 spiro atoms. The van der Waals surface area contributed by atoms with Crippen LogP contribution in [0.5, 0.6) is 11.5 Å². The van der Waals surface area contributed by atoms with Crippen LogP contribution < -0.4 is 14.4 Å². The molecule has 1 aliphatic rings. The zero-order valence-electron chi connectivity index (χ0n) is 16.8. The van der Waals surface area contributed by atoms with E-state index in [1.165, 1.54) is 0 Å². The van der Waals surface area contributed by atoms with Crippen LogP contribution >= 0.6 is 0 Å². The number of aromatic nitrogens is 2. The van der Waals surface area contributed by atoms with Crippen LogP contribution in [0.25, 0.3) is 0 Å². The van der Waals surface area contributed by atoms with Gasteiger partial charge in [0.15, 0.2) is 11.5 Å². The lowest BCUT2D eigenvalue weighted by molar-refractivity contribution is -0.0961. The highest BCUT2D eigenvalue weighted by Crippen LogP contribution is 2.36. The van der Waals surface area contributed by atoms with Gasteiger partial charge < -0.3 is 24.2 Å². The number of hydrogen-bond donors (Lipinski definition) is 1. The summed E-state index contributed by atoms with van der Waals surface area (Å²) in [6.07, 6.45) is 3.36. The van der Waals surface area contributed by atoms with Gasteiger partial charge >= 0.3 is 0 Å². The Labute approximate surface area is 165 Å². The first kappa shape index (κ1) is 20.3. The first-order chi connectivity index (χ1) is 13.6. The molecule has 0 amide bonds. The van der Waals surface area contributed by atoms with Crippen molar-refractivity contribution in [2.24, 2.45) is 0 Å². The Morgan fingerprint density at radius 3 is 2.50 bits per heavy atom. The predicted octanol–water partition coefficient (Wildman–Crippen LogP) is 1.49. The smallest absolute Gasteiger partial charge is 0.224 e. The monoisotopic (exact) mass is 388 g/mol. The first-order valence-corrected chi connectivity index (χ1v) is 9.24. The lowest BCUT2D eigenvalue weighted by Crippen LogP contribution is -2.46. The van der Waals surface area contributed by atoms with Crippen LogP contribution in [0.3, 0.4) is 0 Å². The minimum atomic E-state index is -0.325. The Morgan fingerprint density at radius 2 is 1.89 bits per heavy atom. The van der Waals surface area contributed by atoms with Gasteiger partial charge in [-0.25, -0.2) is 9.97 Å². The molecule has 0 radical (unpaired) electrons. The highest BCUT2D eigenvalue weighted by Gasteiger charge is 2.34. The maximum atomic E-state index is 9.89. The van der Waals surface area contributed by atoms with Crippen molar-refractivity contribution in [1.82, 2.24) is 14.9 Å². The van der Waals surface area contributed by atoms with Gasteiger partial charge in [0.05, 0.1) is 33.5 Å². The van der Waals surface area contributed by atoms with E-state index in [9.17, 15) is 5.11 Å². The van der Waals surface area contributed by atoms with E-state index < -0.39 is 0 Å². The van der Waals surface area contributed by atoms with Crippen LogP contribution in [0, 0.1) is 0 Å². The van der Waals surface area contributed by atoms with Crippen molar-refractivity contribution < 1.29 is 19.3 Å². The predicted molar refractivity (Wildman–Crippen MR) is 106 cm³/mol. The molecule has 1 fully saturated rings. The molecular formula is C20H28N4O4. The van der Waals surface area contributed by atoms with Gasteiger partial charge in [-0.05, 0) is 17.7 Å². The third kappa shape index (κ3) is 4.35. The summed E-state index contributed by atoms with van der Waals surface area (Å²) in [4.78, 5) is 12.9. The third-order valence-electron chi connectivity index (χ3n) is 4.86. The van der Waals surface area contributed by atoms with Gasteiger partial charge in [0.25, 0.3) is 0 Å². The maximum absolute atomic E-state index is 9.89. The third-order valence-corrected chi connectivity index (χ3v) is 4.86. The molecule has 28 heavy (non-hydrogen) atoms. The lowest BCUT2D eigenvalue weighted by Gasteiger charge is -2.41. The summed E-state index contributed by atoms with van der Waals surface area (Å²) in [5, 5.41) is 9.89. The fourth-order valence-corrected chi connectivity index (χ4v) is 3.47. The van der Waals surface area contributed by atoms with Gasteiger partial charge in [-0.15, -0.1) is 0 Å². The molecule has 2 atom stereocenters. The summed E-state index contributed by atoms with van der Waals surface area (Å²) < 4.78 is 16.6. The Balaban J connectivity index is 1.88. The first-order valence-electron chi connectivity index (χ1n) is 9.24. The van der Waals surface area contributed by atoms with E-state index in [0.29, 0.717) is 30.6 Å². The SMILES string of the molecule is COc1ccc([C@@H]2[C@@H](CO)OCCN2Cc2cnc(N(C)C)nc2)cc1OC. The number of aliphatic hydroxyl groups is 1. The lowest BCUT2D eigenvalue weighted by atomic mass is 9.97. The van der Waals surface area contributed by atoms with Crippen LogP contribution in [-0.4, -0.2) is 74.2 Å². The van der Waals surface area contributed by atoms with Crippen molar-refractivity contribution in [3.8, 4) is 11.5 Å². The molecule has 1 aliphatic heterocycles. The molecular weight excluding hydrogens is 360 g/mol. The van der Waals surface area contributed by atoms with Gasteiger partial charge in [0, 0.05) is 45.1 Å². The number of methoxy groups -OCH3 is 2. The molecule has 0 bridgehead atoms. The van der Waals surface area contributed by atoms with Crippen LogP contribution in [0.2, 0.25) is 0 Å². The van der Waals surface area contributed by atoms with Crippen molar-refractivity contribution in [3.63, 3.8) is 0 Å². The quantitative estimate of drug-likeness (QED) is 0.764. The zero-order valence-corrected chi connectivity index (χ0v) is 16.8. The van der Waals surface area contributed by atoms with Crippen molar-refractivity contribution in [2.45, 2.75) is 18.7 Å². The van der Waals surface area contributed by atoms with Crippen molar-refractivity contribution in [1.29, 1.82) is 0 Å². The van der Waals surface area contributed by atoms with E-state index in [4.69, 9.17) is 14.2 Å². The largest absolute Gasteiger partial charge is 0.493 e. The Hall–Kier alpha value is -2.42. The molecule has 0 unspecified atom stereocenters. The topological polar surface area (TPSA) is 80.2 Å². The number of benzene rings is 1. The number of nitrogens with zero attached hydrogens (tertiary/aromatic N) is 4. The molecule has 1 saturated heterocycles. The van der Waals surface area contributed by atoms with E-state index in [1.807, 2.05) is 49.6 Å². The summed E-state index contributed by atoms with van der Waals surface area (Å²) in [7, 11) is 7.05. The van der Waals surface area contributed by atoms with Crippen molar-refractivity contribution in [2.75, 3.05) is 53.0 Å². The minimum absolute atomic E-state index is 0.0639. The molecule has 1 aromatic heterocycles. The highest BCUT2D eigenvalue weighted by molar-refractivity contribution is 5.44. The number of rotatable bonds is 7. The average molecular weight is 388 g/mol. The summed E-state index contributed by atoms with van der Waals surface area (Å²) >= 11 is 0. The second-order valence-electron chi connectivity index (χ2n) is 6.91. The van der Waals surface area contributed by atoms with E-state index in [2.05, 4.69) is 14.9 Å². The second-order valence-corrected chi connectivity index (χ2v) is 6.91. The van der Waals surface area contributed by atoms with Crippen molar-refractivity contribution >= 4 is 5.95 Å². The maximum Gasteiger partial charge on any atom is 0.224 e. The molecule has 1 N–H and O–H groups in total. The number of hydrogen-bond acceptors (Lipinski definition) is 8. The van der Waals surface area contributed by atoms with E-state index in [1.54, 1.807) is 14.2 Å². The van der Waals surface area contributed by atoms with E-state index >= 15 is 0 Å². The highest BCUT2D eigenvalue weighted by atomic mass is 16.5. The fraction of sp³-hybridized carbons (Fsp3) is 0.500. The molecule has 0 saturated carbocycles. The summed E-state index contributed by atoms with van der Waals surface area (Å²) in [6, 6.07) is 5.69. The fourth-order valence-electron chi connectivity index (χ4n) is 3.47. The zero-order chi connectivity index (χ0) is 20.1. The molecule has 1 aromatic carbocycles. The van der Waals surface area contributed by atoms with Gasteiger partial charge in [-0.1, -0.05) is 6.07 Å². The second kappa shape index (κ2) is 9.18. The van der Waals surface area contributed by atoms with Crippen LogP contribution in [-0.2, 0) is 11.3 Å². The number of anilines is 1. The van der Waals surface area contributed by atoms with Crippen LogP contribution in [0.4, 0.5) is 5.95 Å². The molecule has 8 nitrogen and oxygen atoms in total. The number of morpholine rings is 1. The molecule has 0 aliphatic carbocycles. The van der Waals surface area contributed by atoms with Crippen LogP contribution in [0.15, 0.2) is 30.6 Å². The number of ether oxygens (including phenoxy) is 3. The van der Waals surface area contributed by atoms with E-state index in [0.717, 1.165) is 17.7 Å². The summed E-state index contributed by atoms with van der Waals surface area (Å²) in [6.45, 7) is 1.90. The minimum Gasteiger partial charge on any atom is -0.493 e. The van der Waals surface area contributed by atoms with Gasteiger partial charge in [0.2, 0.25) is 5.95 Å². The van der Waals surface area contributed by atoms with Gasteiger partial charge in [-0.3, -0.25) is 4.90 Å². The summed E-state index contributed by atoms with van der Waals surface area (Å²) in [5.41, 5.74) is 2.01. The molecule has 2 aromatic rings. The molecule has 152 valence electrons. The Morgan fingerprint density at radius 1 is 1.18 bits per heavy atom. The van der Waals surface area contributed by atoms with Gasteiger partial charge in [0.1, 0.15) is 6.10 Å². The summed E-state index contributed by atoms with van der Waals surface area (Å²) in [5.74, 6) is 2.00. The molecule has 8 heteroatoms. The van der Waals surface area contributed by atoms with Crippen LogP contribution in [0.1, 0.15) is 17.2 Å². The molecule has 3 rings (SSSR count). The normalized spacial score (nSPS) is 20.0. The average Bonchev–Trinajstić information content (AvgIpc) is 2.73. The Kier molecular flexibility index (Phi) is 6.66.